The summed E-state index contributed by atoms with van der Waals surface area (Å²) in [5.74, 6) is 0.365. The van der Waals surface area contributed by atoms with Crippen molar-refractivity contribution >= 4 is 34.4 Å². The minimum absolute atomic E-state index is 0.0116. The van der Waals surface area contributed by atoms with Gasteiger partial charge < -0.3 is 14.8 Å². The summed E-state index contributed by atoms with van der Waals surface area (Å²) in [5.41, 5.74) is 2.06. The highest BCUT2D eigenvalue weighted by Crippen LogP contribution is 2.22. The number of carbonyl (C=O) groups excluding carboxylic acids is 2. The molecule has 6 nitrogen and oxygen atoms in total. The fraction of sp³-hybridized carbons (Fsp3) is 0.348. The summed E-state index contributed by atoms with van der Waals surface area (Å²) in [6.45, 7) is 4.85. The Morgan fingerprint density at radius 1 is 1.17 bits per heavy atom. The molecule has 0 radical (unpaired) electrons. The first-order chi connectivity index (χ1) is 14.4. The van der Waals surface area contributed by atoms with E-state index in [9.17, 15) is 9.59 Å². The van der Waals surface area contributed by atoms with Crippen LogP contribution in [0.3, 0.4) is 0 Å². The monoisotopic (exact) mass is 426 g/mol. The van der Waals surface area contributed by atoms with Crippen LogP contribution < -0.4 is 5.32 Å². The second kappa shape index (κ2) is 9.76. The summed E-state index contributed by atoms with van der Waals surface area (Å²) in [6, 6.07) is 14.2. The van der Waals surface area contributed by atoms with Gasteiger partial charge in [0.2, 0.25) is 5.91 Å². The fourth-order valence-electron chi connectivity index (χ4n) is 3.35. The first-order valence-corrected chi connectivity index (χ1v) is 10.5. The average molecular weight is 427 g/mol. The topological polar surface area (TPSA) is 67.2 Å². The molecule has 0 bridgehead atoms. The lowest BCUT2D eigenvalue weighted by Crippen LogP contribution is -2.33. The van der Waals surface area contributed by atoms with Gasteiger partial charge in [0, 0.05) is 13.6 Å². The number of unbranched alkanes of at least 4 members (excludes halogenated alkanes) is 1. The number of benzene rings is 2. The van der Waals surface area contributed by atoms with Gasteiger partial charge in [-0.05, 0) is 37.6 Å². The second-order valence-corrected chi connectivity index (χ2v) is 7.80. The van der Waals surface area contributed by atoms with Crippen LogP contribution in [0.2, 0.25) is 5.02 Å². The summed E-state index contributed by atoms with van der Waals surface area (Å²) in [4.78, 5) is 32.0. The number of rotatable bonds is 8. The number of nitrogens with zero attached hydrogens (tertiary/aromatic N) is 3. The number of imidazole rings is 1. The molecular formula is C23H27ClN4O2. The summed E-state index contributed by atoms with van der Waals surface area (Å²) in [6.07, 6.45) is 1.99. The van der Waals surface area contributed by atoms with Gasteiger partial charge in [0.1, 0.15) is 12.4 Å². The van der Waals surface area contributed by atoms with E-state index in [0.717, 1.165) is 30.4 Å². The SMILES string of the molecule is CCCCN(C)C(=O)Cn1c(C(C)NC(=O)c2ccccc2Cl)nc2ccccc21. The number of hydrogen-bond acceptors (Lipinski definition) is 3. The molecule has 2 aromatic carbocycles. The maximum Gasteiger partial charge on any atom is 0.253 e. The van der Waals surface area contributed by atoms with Crippen molar-refractivity contribution in [3.63, 3.8) is 0 Å². The van der Waals surface area contributed by atoms with Crippen LogP contribution >= 0.6 is 11.6 Å². The van der Waals surface area contributed by atoms with Gasteiger partial charge in [-0.1, -0.05) is 49.2 Å². The zero-order valence-corrected chi connectivity index (χ0v) is 18.3. The first kappa shape index (κ1) is 21.8. The molecule has 0 saturated carbocycles. The largest absolute Gasteiger partial charge is 0.344 e. The van der Waals surface area contributed by atoms with Gasteiger partial charge in [0.25, 0.3) is 5.91 Å². The average Bonchev–Trinajstić information content (AvgIpc) is 3.10. The van der Waals surface area contributed by atoms with E-state index in [2.05, 4.69) is 12.2 Å². The molecule has 0 saturated heterocycles. The maximum atomic E-state index is 12.8. The van der Waals surface area contributed by atoms with E-state index < -0.39 is 6.04 Å². The number of hydrogen-bond donors (Lipinski definition) is 1. The molecule has 2 amide bonds. The fourth-order valence-corrected chi connectivity index (χ4v) is 3.57. The Bertz CT molecular complexity index is 1050. The molecule has 1 atom stereocenters. The standard InChI is InChI=1S/C23H27ClN4O2/c1-4-5-14-27(3)21(29)15-28-20-13-9-8-12-19(20)26-22(28)16(2)25-23(30)17-10-6-7-11-18(17)24/h6-13,16H,4-5,14-15H2,1-3H3,(H,25,30). The number of nitrogens with one attached hydrogen (secondary N) is 1. The van der Waals surface area contributed by atoms with Crippen LogP contribution in [0.15, 0.2) is 48.5 Å². The lowest BCUT2D eigenvalue weighted by molar-refractivity contribution is -0.130. The molecular weight excluding hydrogens is 400 g/mol. The van der Waals surface area contributed by atoms with Crippen molar-refractivity contribution in [1.29, 1.82) is 0 Å². The highest BCUT2D eigenvalue weighted by atomic mass is 35.5. The van der Waals surface area contributed by atoms with E-state index in [1.165, 1.54) is 0 Å². The Labute approximate surface area is 181 Å². The molecule has 0 fully saturated rings. The molecule has 3 rings (SSSR count). The number of likely N-dealkylation sites (N-methyl/N-ethyl adjacent to an activating group) is 1. The molecule has 0 aliphatic rings. The summed E-state index contributed by atoms with van der Waals surface area (Å²) in [5, 5.41) is 3.35. The number of amides is 2. The van der Waals surface area contributed by atoms with E-state index >= 15 is 0 Å². The third kappa shape index (κ3) is 4.82. The van der Waals surface area contributed by atoms with Gasteiger partial charge in [-0.25, -0.2) is 4.98 Å². The van der Waals surface area contributed by atoms with Crippen LogP contribution in [0.1, 0.15) is 48.9 Å². The van der Waals surface area contributed by atoms with Crippen LogP contribution in [0.5, 0.6) is 0 Å². The van der Waals surface area contributed by atoms with Gasteiger partial charge in [0.05, 0.1) is 27.7 Å². The van der Waals surface area contributed by atoms with Crippen molar-refractivity contribution in [3.8, 4) is 0 Å². The highest BCUT2D eigenvalue weighted by molar-refractivity contribution is 6.33. The Morgan fingerprint density at radius 3 is 2.60 bits per heavy atom. The normalized spacial score (nSPS) is 12.0. The number of halogens is 1. The number of fused-ring (bicyclic) bond motifs is 1. The Hall–Kier alpha value is -2.86. The molecule has 1 heterocycles. The molecule has 3 aromatic rings. The van der Waals surface area contributed by atoms with Crippen LogP contribution in [0, 0.1) is 0 Å². The van der Waals surface area contributed by atoms with Crippen molar-refractivity contribution in [2.75, 3.05) is 13.6 Å². The van der Waals surface area contributed by atoms with Crippen molar-refractivity contribution in [1.82, 2.24) is 19.8 Å². The third-order valence-electron chi connectivity index (χ3n) is 5.10. The Kier molecular flexibility index (Phi) is 7.11. The summed E-state index contributed by atoms with van der Waals surface area (Å²) in [7, 11) is 1.82. The Morgan fingerprint density at radius 2 is 1.87 bits per heavy atom. The van der Waals surface area contributed by atoms with E-state index in [4.69, 9.17) is 16.6 Å². The molecule has 1 N–H and O–H groups in total. The number of aromatic nitrogens is 2. The van der Waals surface area contributed by atoms with Gasteiger partial charge >= 0.3 is 0 Å². The molecule has 158 valence electrons. The van der Waals surface area contributed by atoms with E-state index in [0.29, 0.717) is 16.4 Å². The molecule has 1 aromatic heterocycles. The molecule has 1 unspecified atom stereocenters. The van der Waals surface area contributed by atoms with Crippen molar-refractivity contribution in [2.45, 2.75) is 39.3 Å². The van der Waals surface area contributed by atoms with Gasteiger partial charge in [-0.15, -0.1) is 0 Å². The highest BCUT2D eigenvalue weighted by Gasteiger charge is 2.22. The lowest BCUT2D eigenvalue weighted by atomic mass is 10.2. The van der Waals surface area contributed by atoms with Crippen LogP contribution in [-0.2, 0) is 11.3 Å². The lowest BCUT2D eigenvalue weighted by Gasteiger charge is -2.20. The van der Waals surface area contributed by atoms with E-state index in [1.54, 1.807) is 29.2 Å². The number of para-hydroxylation sites is 2. The quantitative estimate of drug-likeness (QED) is 0.579. The molecule has 0 spiro atoms. The molecule has 0 aliphatic carbocycles. The predicted molar refractivity (Wildman–Crippen MR) is 120 cm³/mol. The third-order valence-corrected chi connectivity index (χ3v) is 5.43. The zero-order valence-electron chi connectivity index (χ0n) is 17.6. The van der Waals surface area contributed by atoms with Crippen molar-refractivity contribution in [3.05, 3.63) is 64.9 Å². The summed E-state index contributed by atoms with van der Waals surface area (Å²) < 4.78 is 1.89. The van der Waals surface area contributed by atoms with Gasteiger partial charge in [-0.3, -0.25) is 9.59 Å². The second-order valence-electron chi connectivity index (χ2n) is 7.39. The van der Waals surface area contributed by atoms with E-state index in [1.807, 2.05) is 42.8 Å². The molecule has 0 aliphatic heterocycles. The minimum atomic E-state index is -0.407. The van der Waals surface area contributed by atoms with Crippen LogP contribution in [0.4, 0.5) is 0 Å². The first-order valence-electron chi connectivity index (χ1n) is 10.2. The zero-order chi connectivity index (χ0) is 21.7. The minimum Gasteiger partial charge on any atom is -0.344 e. The van der Waals surface area contributed by atoms with E-state index in [-0.39, 0.29) is 18.4 Å². The smallest absolute Gasteiger partial charge is 0.253 e. The molecule has 7 heteroatoms. The molecule has 30 heavy (non-hydrogen) atoms. The van der Waals surface area contributed by atoms with Crippen molar-refractivity contribution < 1.29 is 9.59 Å². The van der Waals surface area contributed by atoms with Crippen LogP contribution in [-0.4, -0.2) is 39.9 Å². The maximum absolute atomic E-state index is 12.8. The summed E-state index contributed by atoms with van der Waals surface area (Å²) >= 11 is 6.16. The van der Waals surface area contributed by atoms with Gasteiger partial charge in [-0.2, -0.15) is 0 Å². The Balaban J connectivity index is 1.87. The van der Waals surface area contributed by atoms with Crippen molar-refractivity contribution in [2.24, 2.45) is 0 Å². The predicted octanol–water partition coefficient (Wildman–Crippen LogP) is 4.44. The number of carbonyl (C=O) groups is 2. The van der Waals surface area contributed by atoms with Gasteiger partial charge in [0.15, 0.2) is 0 Å². The van der Waals surface area contributed by atoms with Crippen LogP contribution in [0.25, 0.3) is 11.0 Å².